The first-order valence-electron chi connectivity index (χ1n) is 7.32. The molecule has 2 unspecified atom stereocenters. The monoisotopic (exact) mass is 291 g/mol. The molecule has 1 aliphatic heterocycles. The van der Waals surface area contributed by atoms with Gasteiger partial charge in [0.05, 0.1) is 16.6 Å². The average molecular weight is 291 g/mol. The normalized spacial score (nSPS) is 25.2. The van der Waals surface area contributed by atoms with Crippen LogP contribution in [0.2, 0.25) is 0 Å². The van der Waals surface area contributed by atoms with Gasteiger partial charge in [-0.2, -0.15) is 0 Å². The summed E-state index contributed by atoms with van der Waals surface area (Å²) in [7, 11) is -1.21. The highest BCUT2D eigenvalue weighted by Crippen LogP contribution is 2.26. The lowest BCUT2D eigenvalue weighted by atomic mass is 9.95. The molecule has 0 aromatic carbocycles. The first-order valence-corrected chi connectivity index (χ1v) is 9.04. The molecule has 114 valence electrons. The number of methoxy groups -OCH3 is 1. The highest BCUT2D eigenvalue weighted by Gasteiger charge is 2.35. The van der Waals surface area contributed by atoms with Crippen molar-refractivity contribution in [3.63, 3.8) is 0 Å². The Balaban J connectivity index is 2.71. The van der Waals surface area contributed by atoms with Crippen molar-refractivity contribution < 1.29 is 13.2 Å². The van der Waals surface area contributed by atoms with Gasteiger partial charge >= 0.3 is 0 Å². The Bertz CT molecular complexity index is 365. The van der Waals surface area contributed by atoms with Crippen LogP contribution in [0.3, 0.4) is 0 Å². The van der Waals surface area contributed by atoms with Gasteiger partial charge in [0.25, 0.3) is 0 Å². The zero-order valence-corrected chi connectivity index (χ0v) is 13.6. The van der Waals surface area contributed by atoms with Gasteiger partial charge < -0.3 is 10.1 Å². The standard InChI is InChI=1S/C14H29NO3S/c1-5-15-12(9-10-14(2,3)18-4)13-8-6-7-11-19(13,16)17/h12-13,15H,5-11H2,1-4H3. The Hall–Kier alpha value is -0.130. The van der Waals surface area contributed by atoms with Crippen LogP contribution in [-0.2, 0) is 14.6 Å². The summed E-state index contributed by atoms with van der Waals surface area (Å²) >= 11 is 0. The lowest BCUT2D eigenvalue weighted by Gasteiger charge is -2.33. The van der Waals surface area contributed by atoms with Gasteiger partial charge in [-0.1, -0.05) is 13.3 Å². The van der Waals surface area contributed by atoms with Gasteiger partial charge in [0.2, 0.25) is 0 Å². The minimum Gasteiger partial charge on any atom is -0.379 e. The number of ether oxygens (including phenoxy) is 1. The molecule has 1 saturated heterocycles. The van der Waals surface area contributed by atoms with Crippen molar-refractivity contribution >= 4 is 9.84 Å². The number of rotatable bonds is 7. The SMILES string of the molecule is CCNC(CCC(C)(C)OC)C1CCCCS1(=O)=O. The molecule has 0 radical (unpaired) electrons. The van der Waals surface area contributed by atoms with E-state index in [-0.39, 0.29) is 16.9 Å². The van der Waals surface area contributed by atoms with Crippen LogP contribution < -0.4 is 5.32 Å². The maximum Gasteiger partial charge on any atom is 0.154 e. The van der Waals surface area contributed by atoms with Crippen molar-refractivity contribution in [3.8, 4) is 0 Å². The molecule has 19 heavy (non-hydrogen) atoms. The lowest BCUT2D eigenvalue weighted by Crippen LogP contribution is -2.47. The molecule has 0 amide bonds. The molecule has 4 nitrogen and oxygen atoms in total. The van der Waals surface area contributed by atoms with Crippen molar-refractivity contribution in [2.75, 3.05) is 19.4 Å². The molecule has 2 atom stereocenters. The number of hydrogen-bond donors (Lipinski definition) is 1. The number of sulfone groups is 1. The summed E-state index contributed by atoms with van der Waals surface area (Å²) in [6.45, 7) is 6.94. The molecule has 0 aromatic rings. The van der Waals surface area contributed by atoms with Crippen molar-refractivity contribution in [2.24, 2.45) is 0 Å². The summed E-state index contributed by atoms with van der Waals surface area (Å²) in [5.41, 5.74) is -0.188. The molecule has 5 heteroatoms. The van der Waals surface area contributed by atoms with Gasteiger partial charge in [-0.3, -0.25) is 0 Å². The van der Waals surface area contributed by atoms with Crippen molar-refractivity contribution in [2.45, 2.75) is 69.8 Å². The Kier molecular flexibility index (Phi) is 6.27. The van der Waals surface area contributed by atoms with E-state index in [1.807, 2.05) is 20.8 Å². The molecular weight excluding hydrogens is 262 g/mol. The van der Waals surface area contributed by atoms with Gasteiger partial charge in [-0.15, -0.1) is 0 Å². The average Bonchev–Trinajstić information content (AvgIpc) is 2.34. The maximum absolute atomic E-state index is 12.2. The Labute approximate surface area is 118 Å². The quantitative estimate of drug-likeness (QED) is 0.781. The van der Waals surface area contributed by atoms with Crippen LogP contribution in [0.4, 0.5) is 0 Å². The summed E-state index contributed by atoms with van der Waals surface area (Å²) in [6.07, 6.45) is 4.36. The van der Waals surface area contributed by atoms with Crippen LogP contribution in [0.25, 0.3) is 0 Å². The second-order valence-electron chi connectivity index (χ2n) is 6.07. The van der Waals surface area contributed by atoms with Crippen LogP contribution in [0.5, 0.6) is 0 Å². The van der Waals surface area contributed by atoms with Gasteiger partial charge in [0.1, 0.15) is 0 Å². The fraction of sp³-hybridized carbons (Fsp3) is 1.00. The summed E-state index contributed by atoms with van der Waals surface area (Å²) in [5.74, 6) is 0.354. The predicted molar refractivity (Wildman–Crippen MR) is 79.2 cm³/mol. The van der Waals surface area contributed by atoms with E-state index in [9.17, 15) is 8.42 Å². The summed E-state index contributed by atoms with van der Waals surface area (Å²) in [6, 6.07) is 0.0599. The smallest absolute Gasteiger partial charge is 0.154 e. The molecule has 1 aliphatic rings. The van der Waals surface area contributed by atoms with E-state index in [1.54, 1.807) is 7.11 Å². The van der Waals surface area contributed by atoms with Crippen LogP contribution >= 0.6 is 0 Å². The van der Waals surface area contributed by atoms with Gasteiger partial charge in [-0.25, -0.2) is 8.42 Å². The topological polar surface area (TPSA) is 55.4 Å². The van der Waals surface area contributed by atoms with Crippen molar-refractivity contribution in [1.82, 2.24) is 5.32 Å². The summed E-state index contributed by atoms with van der Waals surface area (Å²) in [4.78, 5) is 0. The van der Waals surface area contributed by atoms with Gasteiger partial charge in [0, 0.05) is 13.2 Å². The molecule has 1 fully saturated rings. The molecule has 0 aliphatic carbocycles. The van der Waals surface area contributed by atoms with E-state index in [0.29, 0.717) is 5.75 Å². The summed E-state index contributed by atoms with van der Waals surface area (Å²) in [5, 5.41) is 3.16. The van der Waals surface area contributed by atoms with Crippen LogP contribution in [0.15, 0.2) is 0 Å². The van der Waals surface area contributed by atoms with E-state index in [0.717, 1.165) is 38.6 Å². The third-order valence-electron chi connectivity index (χ3n) is 4.15. The van der Waals surface area contributed by atoms with E-state index < -0.39 is 9.84 Å². The third-order valence-corrected chi connectivity index (χ3v) is 6.50. The first kappa shape index (κ1) is 16.9. The largest absolute Gasteiger partial charge is 0.379 e. The Morgan fingerprint density at radius 1 is 1.37 bits per heavy atom. The van der Waals surface area contributed by atoms with Gasteiger partial charge in [0.15, 0.2) is 9.84 Å². The molecule has 1 rings (SSSR count). The second kappa shape index (κ2) is 7.04. The predicted octanol–water partition coefficient (Wildman–Crippen LogP) is 2.14. The van der Waals surface area contributed by atoms with E-state index in [4.69, 9.17) is 4.74 Å². The zero-order chi connectivity index (χ0) is 14.5. The number of hydrogen-bond acceptors (Lipinski definition) is 4. The van der Waals surface area contributed by atoms with Crippen molar-refractivity contribution in [3.05, 3.63) is 0 Å². The Morgan fingerprint density at radius 3 is 2.58 bits per heavy atom. The first-order chi connectivity index (χ1) is 8.82. The fourth-order valence-electron chi connectivity index (χ4n) is 2.72. The maximum atomic E-state index is 12.2. The van der Waals surface area contributed by atoms with Crippen LogP contribution in [0, 0.1) is 0 Å². The van der Waals surface area contributed by atoms with E-state index in [2.05, 4.69) is 5.32 Å². The molecule has 0 saturated carbocycles. The van der Waals surface area contributed by atoms with Crippen molar-refractivity contribution in [1.29, 1.82) is 0 Å². The second-order valence-corrected chi connectivity index (χ2v) is 8.41. The highest BCUT2D eigenvalue weighted by molar-refractivity contribution is 7.92. The van der Waals surface area contributed by atoms with E-state index >= 15 is 0 Å². The molecule has 0 aromatic heterocycles. The third kappa shape index (κ3) is 5.04. The lowest BCUT2D eigenvalue weighted by molar-refractivity contribution is 0.0115. The molecular formula is C14H29NO3S. The molecule has 0 bridgehead atoms. The number of nitrogens with one attached hydrogen (secondary N) is 1. The molecule has 1 N–H and O–H groups in total. The molecule has 1 heterocycles. The Morgan fingerprint density at radius 2 is 2.05 bits per heavy atom. The minimum absolute atomic E-state index is 0.0599. The molecule has 0 spiro atoms. The van der Waals surface area contributed by atoms with Crippen LogP contribution in [0.1, 0.15) is 52.9 Å². The van der Waals surface area contributed by atoms with Crippen LogP contribution in [-0.4, -0.2) is 44.7 Å². The van der Waals surface area contributed by atoms with E-state index in [1.165, 1.54) is 0 Å². The highest BCUT2D eigenvalue weighted by atomic mass is 32.2. The van der Waals surface area contributed by atoms with Gasteiger partial charge in [-0.05, 0) is 46.1 Å². The summed E-state index contributed by atoms with van der Waals surface area (Å²) < 4.78 is 29.9. The fourth-order valence-corrected chi connectivity index (χ4v) is 4.89. The minimum atomic E-state index is -2.92. The zero-order valence-electron chi connectivity index (χ0n) is 12.7.